The van der Waals surface area contributed by atoms with Gasteiger partial charge in [0.15, 0.2) is 0 Å². The first kappa shape index (κ1) is 17.4. The van der Waals surface area contributed by atoms with Crippen LogP contribution in [0.1, 0.15) is 16.0 Å². The Labute approximate surface area is 150 Å². The molecule has 0 aliphatic carbocycles. The van der Waals surface area contributed by atoms with Crippen LogP contribution in [0.4, 0.5) is 5.69 Å². The quantitative estimate of drug-likeness (QED) is 0.837. The Balaban J connectivity index is 2.12. The van der Waals surface area contributed by atoms with Gasteiger partial charge in [0.25, 0.3) is 11.8 Å². The van der Waals surface area contributed by atoms with Crippen molar-refractivity contribution >= 4 is 34.4 Å². The van der Waals surface area contributed by atoms with Crippen molar-refractivity contribution in [2.24, 2.45) is 0 Å². The number of aliphatic hydroxyl groups is 1. The van der Waals surface area contributed by atoms with Crippen LogP contribution >= 0.6 is 11.3 Å². The zero-order valence-electron chi connectivity index (χ0n) is 14.4. The molecule has 130 valence electrons. The van der Waals surface area contributed by atoms with E-state index in [-0.39, 0.29) is 25.0 Å². The summed E-state index contributed by atoms with van der Waals surface area (Å²) in [5.41, 5.74) is 3.29. The number of benzene rings is 1. The van der Waals surface area contributed by atoms with E-state index in [4.69, 9.17) is 0 Å². The molecule has 0 saturated heterocycles. The monoisotopic (exact) mass is 356 g/mol. The Morgan fingerprint density at radius 2 is 1.80 bits per heavy atom. The lowest BCUT2D eigenvalue weighted by Crippen LogP contribution is -2.35. The highest BCUT2D eigenvalue weighted by Gasteiger charge is 2.42. The zero-order valence-corrected chi connectivity index (χ0v) is 15.3. The van der Waals surface area contributed by atoms with Gasteiger partial charge in [-0.2, -0.15) is 0 Å². The van der Waals surface area contributed by atoms with Gasteiger partial charge in [-0.25, -0.2) is 4.90 Å². The molecule has 0 bridgehead atoms. The number of anilines is 1. The van der Waals surface area contributed by atoms with E-state index in [0.29, 0.717) is 17.0 Å². The molecule has 1 aliphatic rings. The first-order chi connectivity index (χ1) is 11.9. The summed E-state index contributed by atoms with van der Waals surface area (Å²) in [6.45, 7) is 4.06. The van der Waals surface area contributed by atoms with Gasteiger partial charge in [0.05, 0.1) is 17.9 Å². The van der Waals surface area contributed by atoms with Crippen molar-refractivity contribution in [1.29, 1.82) is 0 Å². The average Bonchev–Trinajstić information content (AvgIpc) is 3.12. The summed E-state index contributed by atoms with van der Waals surface area (Å²) >= 11 is 1.42. The maximum Gasteiger partial charge on any atom is 0.282 e. The molecule has 5 nitrogen and oxygen atoms in total. The third-order valence-corrected chi connectivity index (χ3v) is 5.00. The van der Waals surface area contributed by atoms with Crippen LogP contribution in [0, 0.1) is 13.8 Å². The summed E-state index contributed by atoms with van der Waals surface area (Å²) in [6.07, 6.45) is 0. The molecule has 6 heteroatoms. The average molecular weight is 356 g/mol. The van der Waals surface area contributed by atoms with Crippen LogP contribution in [0.25, 0.3) is 5.57 Å². The molecule has 1 aromatic carbocycles. The molecule has 0 atom stereocenters. The summed E-state index contributed by atoms with van der Waals surface area (Å²) in [6, 6.07) is 9.37. The van der Waals surface area contributed by atoms with Crippen LogP contribution < -0.4 is 4.90 Å². The molecule has 3 rings (SSSR count). The Hall–Kier alpha value is -2.44. The molecule has 0 spiro atoms. The van der Waals surface area contributed by atoms with E-state index in [9.17, 15) is 14.7 Å². The predicted molar refractivity (Wildman–Crippen MR) is 99.4 cm³/mol. The van der Waals surface area contributed by atoms with E-state index in [1.54, 1.807) is 11.9 Å². The second kappa shape index (κ2) is 6.82. The van der Waals surface area contributed by atoms with Gasteiger partial charge in [-0.1, -0.05) is 12.1 Å². The van der Waals surface area contributed by atoms with E-state index in [0.717, 1.165) is 16.0 Å². The van der Waals surface area contributed by atoms with Gasteiger partial charge in [0, 0.05) is 18.5 Å². The SMILES string of the molecule is Cc1cc(C)cc(N2C(=O)C(c3cccs3)=C(N(C)CCO)C2=O)c1. The molecule has 2 amide bonds. The minimum Gasteiger partial charge on any atom is -0.395 e. The number of hydrogen-bond donors (Lipinski definition) is 1. The van der Waals surface area contributed by atoms with E-state index >= 15 is 0 Å². The van der Waals surface area contributed by atoms with Crippen molar-refractivity contribution in [1.82, 2.24) is 4.90 Å². The molecular weight excluding hydrogens is 336 g/mol. The minimum absolute atomic E-state index is 0.0945. The predicted octanol–water partition coefficient (Wildman–Crippen LogP) is 2.57. The Morgan fingerprint density at radius 3 is 2.36 bits per heavy atom. The smallest absolute Gasteiger partial charge is 0.282 e. The highest BCUT2D eigenvalue weighted by molar-refractivity contribution is 7.11. The largest absolute Gasteiger partial charge is 0.395 e. The topological polar surface area (TPSA) is 60.9 Å². The van der Waals surface area contributed by atoms with E-state index in [1.807, 2.05) is 49.6 Å². The molecule has 1 aliphatic heterocycles. The van der Waals surface area contributed by atoms with Crippen LogP contribution in [-0.2, 0) is 9.59 Å². The second-order valence-corrected chi connectivity index (χ2v) is 7.09. The molecule has 25 heavy (non-hydrogen) atoms. The molecule has 0 saturated carbocycles. The Bertz CT molecular complexity index is 835. The van der Waals surface area contributed by atoms with Gasteiger partial charge >= 0.3 is 0 Å². The number of likely N-dealkylation sites (N-methyl/N-ethyl adjacent to an activating group) is 1. The number of hydrogen-bond acceptors (Lipinski definition) is 5. The Morgan fingerprint density at radius 1 is 1.12 bits per heavy atom. The summed E-state index contributed by atoms with van der Waals surface area (Å²) in [7, 11) is 1.72. The van der Waals surface area contributed by atoms with E-state index in [1.165, 1.54) is 16.2 Å². The molecule has 1 aromatic heterocycles. The maximum atomic E-state index is 13.1. The van der Waals surface area contributed by atoms with Crippen LogP contribution in [-0.4, -0.2) is 42.0 Å². The number of aryl methyl sites for hydroxylation is 2. The fourth-order valence-corrected chi connectivity index (χ4v) is 3.85. The molecule has 0 fully saturated rings. The summed E-state index contributed by atoms with van der Waals surface area (Å²) in [4.78, 5) is 29.9. The second-order valence-electron chi connectivity index (χ2n) is 6.14. The van der Waals surface area contributed by atoms with Crippen LogP contribution in [0.2, 0.25) is 0 Å². The van der Waals surface area contributed by atoms with Crippen LogP contribution in [0.3, 0.4) is 0 Å². The Kier molecular flexibility index (Phi) is 4.74. The lowest BCUT2D eigenvalue weighted by molar-refractivity contribution is -0.120. The number of nitrogens with zero attached hydrogens (tertiary/aromatic N) is 2. The lowest BCUT2D eigenvalue weighted by atomic mass is 10.1. The van der Waals surface area contributed by atoms with E-state index < -0.39 is 0 Å². The first-order valence-electron chi connectivity index (χ1n) is 8.01. The number of carbonyl (C=O) groups excluding carboxylic acids is 2. The van der Waals surface area contributed by atoms with Crippen molar-refractivity contribution in [3.05, 3.63) is 57.4 Å². The standard InChI is InChI=1S/C19H20N2O3S/c1-12-9-13(2)11-14(10-12)21-18(23)16(15-5-4-8-25-15)17(19(21)24)20(3)6-7-22/h4-5,8-11,22H,6-7H2,1-3H3. The minimum atomic E-state index is -0.352. The molecule has 1 N–H and O–H groups in total. The van der Waals surface area contributed by atoms with Crippen LogP contribution in [0.15, 0.2) is 41.4 Å². The normalized spacial score (nSPS) is 14.6. The van der Waals surface area contributed by atoms with Gasteiger partial charge in [0.2, 0.25) is 0 Å². The van der Waals surface area contributed by atoms with Crippen molar-refractivity contribution in [2.75, 3.05) is 25.1 Å². The third kappa shape index (κ3) is 3.10. The van der Waals surface area contributed by atoms with Crippen molar-refractivity contribution in [2.45, 2.75) is 13.8 Å². The highest BCUT2D eigenvalue weighted by atomic mass is 32.1. The zero-order chi connectivity index (χ0) is 18.1. The summed E-state index contributed by atoms with van der Waals surface area (Å²) in [5.74, 6) is -0.674. The summed E-state index contributed by atoms with van der Waals surface area (Å²) in [5, 5.41) is 11.1. The molecule has 2 heterocycles. The molecule has 0 unspecified atom stereocenters. The van der Waals surface area contributed by atoms with E-state index in [2.05, 4.69) is 0 Å². The van der Waals surface area contributed by atoms with Gasteiger partial charge in [-0.3, -0.25) is 9.59 Å². The first-order valence-corrected chi connectivity index (χ1v) is 8.89. The maximum absolute atomic E-state index is 13.1. The number of carbonyl (C=O) groups is 2. The molecule has 2 aromatic rings. The lowest BCUT2D eigenvalue weighted by Gasteiger charge is -2.20. The van der Waals surface area contributed by atoms with Gasteiger partial charge < -0.3 is 10.0 Å². The summed E-state index contributed by atoms with van der Waals surface area (Å²) < 4.78 is 0. The number of thiophene rings is 1. The fourth-order valence-electron chi connectivity index (χ4n) is 3.09. The van der Waals surface area contributed by atoms with Crippen molar-refractivity contribution in [3.63, 3.8) is 0 Å². The van der Waals surface area contributed by atoms with Crippen LogP contribution in [0.5, 0.6) is 0 Å². The van der Waals surface area contributed by atoms with Gasteiger partial charge in [0.1, 0.15) is 5.70 Å². The van der Waals surface area contributed by atoms with Crippen molar-refractivity contribution in [3.8, 4) is 0 Å². The number of amides is 2. The molecular formula is C19H20N2O3S. The number of aliphatic hydroxyl groups excluding tert-OH is 1. The highest BCUT2D eigenvalue weighted by Crippen LogP contribution is 2.36. The number of imide groups is 1. The van der Waals surface area contributed by atoms with Gasteiger partial charge in [-0.05, 0) is 48.6 Å². The van der Waals surface area contributed by atoms with Gasteiger partial charge in [-0.15, -0.1) is 11.3 Å². The third-order valence-electron chi connectivity index (χ3n) is 4.11. The number of rotatable bonds is 5. The fraction of sp³-hybridized carbons (Fsp3) is 0.263. The van der Waals surface area contributed by atoms with Crippen molar-refractivity contribution < 1.29 is 14.7 Å². The molecule has 0 radical (unpaired) electrons.